The Bertz CT molecular complexity index is 412. The number of hydrogen-bond acceptors (Lipinski definition) is 2. The Morgan fingerprint density at radius 2 is 1.71 bits per heavy atom. The average molecular weight is 288 g/mol. The van der Waals surface area contributed by atoms with Crippen LogP contribution in [-0.4, -0.2) is 29.6 Å². The van der Waals surface area contributed by atoms with E-state index in [0.29, 0.717) is 0 Å². The predicted octanol–water partition coefficient (Wildman–Crippen LogP) is 3.99. The van der Waals surface area contributed by atoms with Gasteiger partial charge in [0.15, 0.2) is 0 Å². The predicted molar refractivity (Wildman–Crippen MR) is 91.6 cm³/mol. The molecule has 1 aromatic carbocycles. The zero-order chi connectivity index (χ0) is 15.3. The first-order valence-corrected chi connectivity index (χ1v) is 8.55. The molecule has 0 saturated heterocycles. The lowest BCUT2D eigenvalue weighted by Gasteiger charge is -2.22. The minimum atomic E-state index is 0.213. The highest BCUT2D eigenvalue weighted by atomic mass is 15.2. The topological polar surface area (TPSA) is 15.3 Å². The van der Waals surface area contributed by atoms with Gasteiger partial charge in [-0.15, -0.1) is 0 Å². The van der Waals surface area contributed by atoms with Crippen LogP contribution in [0.1, 0.15) is 58.1 Å². The first-order valence-electron chi connectivity index (χ1n) is 8.55. The van der Waals surface area contributed by atoms with Crippen LogP contribution in [0.4, 0.5) is 0 Å². The summed E-state index contributed by atoms with van der Waals surface area (Å²) in [6, 6.07) is 10.1. The fraction of sp³-hybridized carbons (Fsp3) is 0.684. The molecule has 2 nitrogen and oxygen atoms in total. The van der Waals surface area contributed by atoms with Crippen molar-refractivity contribution in [2.24, 2.45) is 0 Å². The molecule has 0 amide bonds. The van der Waals surface area contributed by atoms with Gasteiger partial charge >= 0.3 is 0 Å². The molecule has 118 valence electrons. The average Bonchev–Trinajstić information content (AvgIpc) is 3.23. The number of hydrogen-bond donors (Lipinski definition) is 1. The molecule has 1 saturated carbocycles. The summed E-state index contributed by atoms with van der Waals surface area (Å²) < 4.78 is 0. The molecular weight excluding hydrogens is 256 g/mol. The van der Waals surface area contributed by atoms with E-state index in [-0.39, 0.29) is 5.54 Å². The number of benzene rings is 1. The van der Waals surface area contributed by atoms with Crippen molar-refractivity contribution < 1.29 is 0 Å². The number of rotatable bonds is 8. The number of nitrogens with zero attached hydrogens (tertiary/aromatic N) is 1. The Labute approximate surface area is 130 Å². The van der Waals surface area contributed by atoms with Crippen molar-refractivity contribution in [1.82, 2.24) is 10.2 Å². The first-order chi connectivity index (χ1) is 9.98. The van der Waals surface area contributed by atoms with E-state index in [1.807, 2.05) is 0 Å². The van der Waals surface area contributed by atoms with Gasteiger partial charge in [0, 0.05) is 18.1 Å². The van der Waals surface area contributed by atoms with Gasteiger partial charge in [-0.1, -0.05) is 31.2 Å². The summed E-state index contributed by atoms with van der Waals surface area (Å²) in [6.07, 6.45) is 5.17. The molecule has 1 aromatic rings. The summed E-state index contributed by atoms with van der Waals surface area (Å²) in [5, 5.41) is 3.55. The normalized spacial score (nSPS) is 15.7. The van der Waals surface area contributed by atoms with Crippen LogP contribution in [0.2, 0.25) is 0 Å². The van der Waals surface area contributed by atoms with Crippen molar-refractivity contribution in [2.45, 2.75) is 71.5 Å². The van der Waals surface area contributed by atoms with E-state index in [1.54, 1.807) is 0 Å². The fourth-order valence-electron chi connectivity index (χ4n) is 2.75. The monoisotopic (exact) mass is 288 g/mol. The minimum Gasteiger partial charge on any atom is -0.312 e. The van der Waals surface area contributed by atoms with E-state index in [9.17, 15) is 0 Å². The SMILES string of the molecule is CCCN(Cc1ccc(CCNC(C)(C)C)cc1)C1CC1. The van der Waals surface area contributed by atoms with Crippen molar-refractivity contribution >= 4 is 0 Å². The molecule has 0 atom stereocenters. The molecular formula is C19H32N2. The summed E-state index contributed by atoms with van der Waals surface area (Å²) in [5.74, 6) is 0. The van der Waals surface area contributed by atoms with Gasteiger partial charge in [0.25, 0.3) is 0 Å². The molecule has 0 spiro atoms. The third-order valence-electron chi connectivity index (χ3n) is 4.05. The van der Waals surface area contributed by atoms with Crippen LogP contribution < -0.4 is 5.32 Å². The van der Waals surface area contributed by atoms with Crippen molar-refractivity contribution in [3.05, 3.63) is 35.4 Å². The summed E-state index contributed by atoms with van der Waals surface area (Å²) in [5.41, 5.74) is 3.11. The molecule has 0 bridgehead atoms. The molecule has 21 heavy (non-hydrogen) atoms. The highest BCUT2D eigenvalue weighted by Crippen LogP contribution is 2.28. The van der Waals surface area contributed by atoms with Crippen LogP contribution in [-0.2, 0) is 13.0 Å². The lowest BCUT2D eigenvalue weighted by atomic mass is 10.1. The maximum atomic E-state index is 3.55. The Morgan fingerprint density at radius 3 is 2.24 bits per heavy atom. The van der Waals surface area contributed by atoms with Gasteiger partial charge in [0.05, 0.1) is 0 Å². The zero-order valence-corrected chi connectivity index (χ0v) is 14.3. The van der Waals surface area contributed by atoms with Crippen LogP contribution in [0.15, 0.2) is 24.3 Å². The van der Waals surface area contributed by atoms with E-state index in [4.69, 9.17) is 0 Å². The standard InChI is InChI=1S/C19H32N2/c1-5-14-21(18-10-11-18)15-17-8-6-16(7-9-17)12-13-20-19(2,3)4/h6-9,18,20H,5,10-15H2,1-4H3. The largest absolute Gasteiger partial charge is 0.312 e. The van der Waals surface area contributed by atoms with Gasteiger partial charge in [-0.25, -0.2) is 0 Å². The third-order valence-corrected chi connectivity index (χ3v) is 4.05. The lowest BCUT2D eigenvalue weighted by Crippen LogP contribution is -2.37. The Kier molecular flexibility index (Phi) is 5.83. The van der Waals surface area contributed by atoms with Gasteiger partial charge in [0.2, 0.25) is 0 Å². The summed E-state index contributed by atoms with van der Waals surface area (Å²) in [4.78, 5) is 2.65. The van der Waals surface area contributed by atoms with Crippen LogP contribution in [0, 0.1) is 0 Å². The molecule has 1 aliphatic rings. The summed E-state index contributed by atoms with van der Waals surface area (Å²) in [7, 11) is 0. The van der Waals surface area contributed by atoms with Crippen molar-refractivity contribution in [2.75, 3.05) is 13.1 Å². The van der Waals surface area contributed by atoms with E-state index in [2.05, 4.69) is 62.2 Å². The highest BCUT2D eigenvalue weighted by Gasteiger charge is 2.28. The molecule has 1 N–H and O–H groups in total. The molecule has 0 unspecified atom stereocenters. The molecule has 0 radical (unpaired) electrons. The third kappa shape index (κ3) is 6.19. The fourth-order valence-corrected chi connectivity index (χ4v) is 2.75. The van der Waals surface area contributed by atoms with Gasteiger partial charge in [0.1, 0.15) is 0 Å². The molecule has 1 fully saturated rings. The van der Waals surface area contributed by atoms with Crippen LogP contribution >= 0.6 is 0 Å². The van der Waals surface area contributed by atoms with Crippen LogP contribution in [0.5, 0.6) is 0 Å². The second-order valence-corrected chi connectivity index (χ2v) is 7.44. The van der Waals surface area contributed by atoms with E-state index in [0.717, 1.165) is 25.6 Å². The lowest BCUT2D eigenvalue weighted by molar-refractivity contribution is 0.255. The Balaban J connectivity index is 1.80. The maximum Gasteiger partial charge on any atom is 0.0236 e. The van der Waals surface area contributed by atoms with Gasteiger partial charge in [-0.2, -0.15) is 0 Å². The maximum absolute atomic E-state index is 3.55. The van der Waals surface area contributed by atoms with Crippen molar-refractivity contribution in [1.29, 1.82) is 0 Å². The van der Waals surface area contributed by atoms with Crippen LogP contribution in [0.3, 0.4) is 0 Å². The summed E-state index contributed by atoms with van der Waals surface area (Å²) in [6.45, 7) is 12.3. The van der Waals surface area contributed by atoms with Gasteiger partial charge < -0.3 is 5.32 Å². The highest BCUT2D eigenvalue weighted by molar-refractivity contribution is 5.23. The van der Waals surface area contributed by atoms with Gasteiger partial charge in [-0.3, -0.25) is 4.90 Å². The minimum absolute atomic E-state index is 0.213. The van der Waals surface area contributed by atoms with E-state index in [1.165, 1.54) is 36.9 Å². The van der Waals surface area contributed by atoms with E-state index >= 15 is 0 Å². The molecule has 0 aromatic heterocycles. The Hall–Kier alpha value is -0.860. The zero-order valence-electron chi connectivity index (χ0n) is 14.3. The van der Waals surface area contributed by atoms with Crippen LogP contribution in [0.25, 0.3) is 0 Å². The van der Waals surface area contributed by atoms with Crippen molar-refractivity contribution in [3.63, 3.8) is 0 Å². The second-order valence-electron chi connectivity index (χ2n) is 7.44. The molecule has 0 heterocycles. The molecule has 0 aliphatic heterocycles. The quantitative estimate of drug-likeness (QED) is 0.778. The van der Waals surface area contributed by atoms with Crippen molar-refractivity contribution in [3.8, 4) is 0 Å². The molecule has 2 rings (SSSR count). The van der Waals surface area contributed by atoms with E-state index < -0.39 is 0 Å². The molecule has 2 heteroatoms. The van der Waals surface area contributed by atoms with Gasteiger partial charge in [-0.05, 0) is 70.7 Å². The number of nitrogens with one attached hydrogen (secondary N) is 1. The summed E-state index contributed by atoms with van der Waals surface area (Å²) >= 11 is 0. The molecule has 1 aliphatic carbocycles. The smallest absolute Gasteiger partial charge is 0.0236 e. The second kappa shape index (κ2) is 7.42. The Morgan fingerprint density at radius 1 is 1.10 bits per heavy atom. The first kappa shape index (κ1) is 16.5.